The number of fused-ring (bicyclic) bond motifs is 3. The third-order valence-electron chi connectivity index (χ3n) is 9.17. The van der Waals surface area contributed by atoms with E-state index in [4.69, 9.17) is 15.0 Å². The summed E-state index contributed by atoms with van der Waals surface area (Å²) >= 11 is 1.79. The maximum Gasteiger partial charge on any atom is 0.164 e. The molecule has 51 heavy (non-hydrogen) atoms. The van der Waals surface area contributed by atoms with Crippen molar-refractivity contribution < 1.29 is 0 Å². The molecule has 0 aliphatic heterocycles. The standard InChI is InChI=1S/C46H28N4S/c47-29-30-20-22-32(23-21-30)35-15-8-17-37(27-35)45-48-44(33-12-5-2-6-13-33)49-46(50-45)38-24-25-40-42(28-38)51-41-19-9-18-39(43(40)41)36-16-7-14-34(26-36)31-10-3-1-4-11-31/h1-28H. The lowest BCUT2D eigenvalue weighted by Gasteiger charge is -2.10. The lowest BCUT2D eigenvalue weighted by Crippen LogP contribution is -2.00. The molecule has 5 heteroatoms. The summed E-state index contributed by atoms with van der Waals surface area (Å²) < 4.78 is 2.42. The minimum Gasteiger partial charge on any atom is -0.208 e. The lowest BCUT2D eigenvalue weighted by molar-refractivity contribution is 1.07. The Balaban J connectivity index is 1.15. The third kappa shape index (κ3) is 5.84. The van der Waals surface area contributed by atoms with Crippen molar-refractivity contribution >= 4 is 31.5 Å². The molecule has 0 N–H and O–H groups in total. The summed E-state index contributed by atoms with van der Waals surface area (Å²) in [4.78, 5) is 15.1. The number of rotatable bonds is 6. The second-order valence-electron chi connectivity index (χ2n) is 12.4. The van der Waals surface area contributed by atoms with Crippen LogP contribution in [0, 0.1) is 11.3 Å². The Morgan fingerprint density at radius 3 is 1.59 bits per heavy atom. The summed E-state index contributed by atoms with van der Waals surface area (Å²) in [5.41, 5.74) is 10.3. The average molecular weight is 669 g/mol. The van der Waals surface area contributed by atoms with Crippen LogP contribution in [-0.4, -0.2) is 15.0 Å². The molecule has 4 nitrogen and oxygen atoms in total. The van der Waals surface area contributed by atoms with Crippen LogP contribution in [0.1, 0.15) is 5.56 Å². The van der Waals surface area contributed by atoms with E-state index in [1.165, 1.54) is 42.4 Å². The minimum atomic E-state index is 0.603. The molecule has 9 aromatic rings. The third-order valence-corrected chi connectivity index (χ3v) is 10.3. The van der Waals surface area contributed by atoms with E-state index in [9.17, 15) is 5.26 Å². The molecule has 7 aromatic carbocycles. The van der Waals surface area contributed by atoms with Crippen LogP contribution in [0.15, 0.2) is 170 Å². The highest BCUT2D eigenvalue weighted by Gasteiger charge is 2.16. The van der Waals surface area contributed by atoms with Crippen molar-refractivity contribution in [2.24, 2.45) is 0 Å². The molecule has 0 radical (unpaired) electrons. The minimum absolute atomic E-state index is 0.603. The van der Waals surface area contributed by atoms with Gasteiger partial charge in [-0.25, -0.2) is 15.0 Å². The van der Waals surface area contributed by atoms with Gasteiger partial charge in [0.2, 0.25) is 0 Å². The van der Waals surface area contributed by atoms with Crippen LogP contribution in [0.4, 0.5) is 0 Å². The van der Waals surface area contributed by atoms with Gasteiger partial charge in [0.1, 0.15) is 0 Å². The molecule has 0 atom stereocenters. The van der Waals surface area contributed by atoms with Crippen molar-refractivity contribution in [2.75, 3.05) is 0 Å². The zero-order chi connectivity index (χ0) is 34.1. The van der Waals surface area contributed by atoms with Crippen LogP contribution >= 0.6 is 11.3 Å². The van der Waals surface area contributed by atoms with Crippen LogP contribution in [0.2, 0.25) is 0 Å². The average Bonchev–Trinajstić information content (AvgIpc) is 3.60. The zero-order valence-electron chi connectivity index (χ0n) is 27.4. The molecule has 0 aliphatic rings. The summed E-state index contributed by atoms with van der Waals surface area (Å²) in [5, 5.41) is 11.7. The smallest absolute Gasteiger partial charge is 0.164 e. The molecular formula is C46H28N4S. The molecule has 238 valence electrons. The first-order valence-corrected chi connectivity index (χ1v) is 17.6. The van der Waals surface area contributed by atoms with E-state index in [0.29, 0.717) is 23.0 Å². The summed E-state index contributed by atoms with van der Waals surface area (Å²) in [7, 11) is 0. The number of aromatic nitrogens is 3. The molecule has 2 aromatic heterocycles. The second kappa shape index (κ2) is 12.9. The number of nitriles is 1. The highest BCUT2D eigenvalue weighted by Crippen LogP contribution is 2.42. The van der Waals surface area contributed by atoms with Gasteiger partial charge in [-0.3, -0.25) is 0 Å². The Morgan fingerprint density at radius 2 is 0.902 bits per heavy atom. The molecule has 0 bridgehead atoms. The van der Waals surface area contributed by atoms with Crippen LogP contribution < -0.4 is 0 Å². The SMILES string of the molecule is N#Cc1ccc(-c2cccc(-c3nc(-c4ccccc4)nc(-c4ccc5c(c4)sc4cccc(-c6cccc(-c7ccccc7)c6)c45)n3)c2)cc1. The van der Waals surface area contributed by atoms with E-state index in [1.54, 1.807) is 11.3 Å². The van der Waals surface area contributed by atoms with Crippen molar-refractivity contribution in [1.82, 2.24) is 15.0 Å². The van der Waals surface area contributed by atoms with Gasteiger partial charge in [-0.2, -0.15) is 5.26 Å². The van der Waals surface area contributed by atoms with Crippen molar-refractivity contribution in [1.29, 1.82) is 5.26 Å². The molecule has 0 saturated heterocycles. The van der Waals surface area contributed by atoms with Crippen LogP contribution in [0.3, 0.4) is 0 Å². The predicted octanol–water partition coefficient (Wildman–Crippen LogP) is 12.1. The summed E-state index contributed by atoms with van der Waals surface area (Å²) in [6, 6.07) is 60.6. The Bertz CT molecular complexity index is 2750. The molecule has 9 rings (SSSR count). The normalized spacial score (nSPS) is 11.1. The van der Waals surface area contributed by atoms with Gasteiger partial charge in [-0.1, -0.05) is 133 Å². The number of hydrogen-bond donors (Lipinski definition) is 0. The Hall–Kier alpha value is -6.74. The Morgan fingerprint density at radius 1 is 0.392 bits per heavy atom. The fourth-order valence-electron chi connectivity index (χ4n) is 6.63. The van der Waals surface area contributed by atoms with E-state index in [2.05, 4.69) is 109 Å². The highest BCUT2D eigenvalue weighted by molar-refractivity contribution is 7.26. The van der Waals surface area contributed by atoms with E-state index in [-0.39, 0.29) is 0 Å². The van der Waals surface area contributed by atoms with Crippen LogP contribution in [0.5, 0.6) is 0 Å². The quantitative estimate of drug-likeness (QED) is 0.177. The van der Waals surface area contributed by atoms with E-state index in [1.807, 2.05) is 66.7 Å². The summed E-state index contributed by atoms with van der Waals surface area (Å²) in [6.07, 6.45) is 0. The molecule has 0 aliphatic carbocycles. The largest absolute Gasteiger partial charge is 0.208 e. The van der Waals surface area contributed by atoms with Gasteiger partial charge in [0.25, 0.3) is 0 Å². The van der Waals surface area contributed by atoms with Gasteiger partial charge in [0.15, 0.2) is 17.5 Å². The van der Waals surface area contributed by atoms with Crippen molar-refractivity contribution in [3.8, 4) is 73.6 Å². The summed E-state index contributed by atoms with van der Waals surface area (Å²) in [6.45, 7) is 0. The van der Waals surface area contributed by atoms with Gasteiger partial charge in [0.05, 0.1) is 11.6 Å². The fraction of sp³-hybridized carbons (Fsp3) is 0. The number of hydrogen-bond acceptors (Lipinski definition) is 5. The molecule has 2 heterocycles. The molecule has 0 spiro atoms. The van der Waals surface area contributed by atoms with Gasteiger partial charge < -0.3 is 0 Å². The van der Waals surface area contributed by atoms with Crippen molar-refractivity contribution in [3.05, 3.63) is 175 Å². The monoisotopic (exact) mass is 668 g/mol. The van der Waals surface area contributed by atoms with Crippen molar-refractivity contribution in [2.45, 2.75) is 0 Å². The van der Waals surface area contributed by atoms with Crippen LogP contribution in [-0.2, 0) is 0 Å². The second-order valence-corrected chi connectivity index (χ2v) is 13.5. The van der Waals surface area contributed by atoms with E-state index < -0.39 is 0 Å². The van der Waals surface area contributed by atoms with E-state index in [0.717, 1.165) is 27.8 Å². The Labute approximate surface area is 299 Å². The zero-order valence-corrected chi connectivity index (χ0v) is 28.2. The lowest BCUT2D eigenvalue weighted by atomic mass is 9.96. The fourth-order valence-corrected chi connectivity index (χ4v) is 7.80. The van der Waals surface area contributed by atoms with Gasteiger partial charge in [0, 0.05) is 36.9 Å². The molecule has 0 unspecified atom stereocenters. The highest BCUT2D eigenvalue weighted by atomic mass is 32.1. The van der Waals surface area contributed by atoms with Gasteiger partial charge in [-0.15, -0.1) is 11.3 Å². The number of thiophene rings is 1. The summed E-state index contributed by atoms with van der Waals surface area (Å²) in [5.74, 6) is 1.85. The molecule has 0 amide bonds. The van der Waals surface area contributed by atoms with E-state index >= 15 is 0 Å². The maximum atomic E-state index is 9.26. The first-order chi connectivity index (χ1) is 25.2. The van der Waals surface area contributed by atoms with Gasteiger partial charge >= 0.3 is 0 Å². The Kier molecular flexibility index (Phi) is 7.70. The topological polar surface area (TPSA) is 62.5 Å². The molecular weight excluding hydrogens is 641 g/mol. The van der Waals surface area contributed by atoms with Crippen LogP contribution in [0.25, 0.3) is 87.7 Å². The predicted molar refractivity (Wildman–Crippen MR) is 210 cm³/mol. The van der Waals surface area contributed by atoms with Crippen molar-refractivity contribution in [3.63, 3.8) is 0 Å². The molecule has 0 fully saturated rings. The first kappa shape index (κ1) is 30.3. The number of benzene rings is 7. The maximum absolute atomic E-state index is 9.26. The van der Waals surface area contributed by atoms with Gasteiger partial charge in [-0.05, 0) is 69.8 Å². The first-order valence-electron chi connectivity index (χ1n) is 16.7. The number of nitrogens with zero attached hydrogens (tertiary/aromatic N) is 4. The molecule has 0 saturated carbocycles.